The molecule has 0 saturated carbocycles. The number of carbonyl (C=O) groups is 3. The largest absolute Gasteiger partial charge is 0.467 e. The molecule has 9 heteroatoms. The van der Waals surface area contributed by atoms with Gasteiger partial charge < -0.3 is 15.4 Å². The Balaban J connectivity index is 2.43. The van der Waals surface area contributed by atoms with Crippen LogP contribution in [-0.4, -0.2) is 40.5 Å². The number of hydrogen-bond acceptors (Lipinski definition) is 6. The zero-order valence-corrected chi connectivity index (χ0v) is 16.8. The molecule has 1 unspecified atom stereocenters. The molecule has 1 atom stereocenters. The third-order valence-electron chi connectivity index (χ3n) is 4.13. The number of amides is 2. The lowest BCUT2D eigenvalue weighted by Gasteiger charge is -2.20. The molecule has 0 spiro atoms. The first-order chi connectivity index (χ1) is 13.7. The molecule has 1 heterocycles. The Bertz CT molecular complexity index is 953. The molecule has 2 amide bonds. The van der Waals surface area contributed by atoms with E-state index in [1.165, 1.54) is 20.2 Å². The van der Waals surface area contributed by atoms with Crippen molar-refractivity contribution in [3.8, 4) is 11.4 Å². The monoisotopic (exact) mass is 400 g/mol. The van der Waals surface area contributed by atoms with E-state index >= 15 is 0 Å². The van der Waals surface area contributed by atoms with E-state index in [1.807, 2.05) is 6.07 Å². The zero-order valence-electron chi connectivity index (χ0n) is 16.8. The fourth-order valence-electron chi connectivity index (χ4n) is 2.72. The quantitative estimate of drug-likeness (QED) is 0.674. The molecule has 0 radical (unpaired) electrons. The SMILES string of the molecule is COC(=O)C(NC(=O)Cn1c(-c2ccccc2)ncc(NC(C)=O)c1=O)C(C)C. The Morgan fingerprint density at radius 1 is 1.17 bits per heavy atom. The molecule has 1 aromatic heterocycles. The number of rotatable bonds is 7. The van der Waals surface area contributed by atoms with Crippen LogP contribution in [0.15, 0.2) is 41.3 Å². The molecule has 0 aliphatic heterocycles. The van der Waals surface area contributed by atoms with Gasteiger partial charge in [-0.2, -0.15) is 0 Å². The van der Waals surface area contributed by atoms with Crippen LogP contribution < -0.4 is 16.2 Å². The van der Waals surface area contributed by atoms with Crippen LogP contribution in [0.25, 0.3) is 11.4 Å². The van der Waals surface area contributed by atoms with E-state index in [2.05, 4.69) is 15.6 Å². The van der Waals surface area contributed by atoms with Crippen LogP contribution in [0, 0.1) is 5.92 Å². The highest BCUT2D eigenvalue weighted by Gasteiger charge is 2.25. The van der Waals surface area contributed by atoms with Crippen LogP contribution in [0.2, 0.25) is 0 Å². The summed E-state index contributed by atoms with van der Waals surface area (Å²) >= 11 is 0. The van der Waals surface area contributed by atoms with Crippen LogP contribution in [0.5, 0.6) is 0 Å². The molecule has 0 fully saturated rings. The van der Waals surface area contributed by atoms with Gasteiger partial charge >= 0.3 is 5.97 Å². The molecule has 154 valence electrons. The second-order valence-electron chi connectivity index (χ2n) is 6.75. The van der Waals surface area contributed by atoms with Crippen molar-refractivity contribution in [3.63, 3.8) is 0 Å². The average Bonchev–Trinajstić information content (AvgIpc) is 2.68. The van der Waals surface area contributed by atoms with E-state index in [-0.39, 0.29) is 24.0 Å². The topological polar surface area (TPSA) is 119 Å². The van der Waals surface area contributed by atoms with Gasteiger partial charge in [0.2, 0.25) is 11.8 Å². The maximum absolute atomic E-state index is 12.9. The molecule has 0 aliphatic rings. The molecule has 2 rings (SSSR count). The van der Waals surface area contributed by atoms with Crippen molar-refractivity contribution in [3.05, 3.63) is 46.9 Å². The highest BCUT2D eigenvalue weighted by atomic mass is 16.5. The molecule has 0 bridgehead atoms. The first-order valence-electron chi connectivity index (χ1n) is 9.04. The Labute approximate surface area is 168 Å². The van der Waals surface area contributed by atoms with Gasteiger partial charge in [-0.1, -0.05) is 44.2 Å². The minimum absolute atomic E-state index is 0.0432. The van der Waals surface area contributed by atoms with Gasteiger partial charge in [0.25, 0.3) is 5.56 Å². The number of hydrogen-bond donors (Lipinski definition) is 2. The predicted octanol–water partition coefficient (Wildman–Crippen LogP) is 1.18. The summed E-state index contributed by atoms with van der Waals surface area (Å²) in [6.07, 6.45) is 1.26. The molecule has 29 heavy (non-hydrogen) atoms. The highest BCUT2D eigenvalue weighted by molar-refractivity contribution is 5.88. The summed E-state index contributed by atoms with van der Waals surface area (Å²) in [4.78, 5) is 53.0. The van der Waals surface area contributed by atoms with Gasteiger partial charge in [-0.05, 0) is 5.92 Å². The summed E-state index contributed by atoms with van der Waals surface area (Å²) in [7, 11) is 1.24. The van der Waals surface area contributed by atoms with Gasteiger partial charge in [-0.25, -0.2) is 9.78 Å². The number of benzene rings is 1. The summed E-state index contributed by atoms with van der Waals surface area (Å²) in [6.45, 7) is 4.42. The first kappa shape index (κ1) is 21.8. The fraction of sp³-hybridized carbons (Fsp3) is 0.350. The number of ether oxygens (including phenoxy) is 1. The number of nitrogens with zero attached hydrogens (tertiary/aromatic N) is 2. The summed E-state index contributed by atoms with van der Waals surface area (Å²) in [5.41, 5.74) is 0.00174. The maximum Gasteiger partial charge on any atom is 0.328 e. The molecule has 0 saturated heterocycles. The Morgan fingerprint density at radius 3 is 2.38 bits per heavy atom. The number of aromatic nitrogens is 2. The molecule has 2 aromatic rings. The third kappa shape index (κ3) is 5.50. The second-order valence-corrected chi connectivity index (χ2v) is 6.75. The lowest BCUT2D eigenvalue weighted by molar-refractivity contribution is -0.146. The van der Waals surface area contributed by atoms with Gasteiger partial charge in [0, 0.05) is 12.5 Å². The van der Waals surface area contributed by atoms with Crippen molar-refractivity contribution in [1.29, 1.82) is 0 Å². The number of carbonyl (C=O) groups excluding carboxylic acids is 3. The van der Waals surface area contributed by atoms with E-state index in [0.717, 1.165) is 4.57 Å². The van der Waals surface area contributed by atoms with Gasteiger partial charge in [0.05, 0.1) is 13.3 Å². The van der Waals surface area contributed by atoms with E-state index in [1.54, 1.807) is 38.1 Å². The minimum atomic E-state index is -0.852. The van der Waals surface area contributed by atoms with Crippen LogP contribution >= 0.6 is 0 Å². The van der Waals surface area contributed by atoms with Crippen molar-refractivity contribution >= 4 is 23.5 Å². The third-order valence-corrected chi connectivity index (χ3v) is 4.13. The van der Waals surface area contributed by atoms with Crippen molar-refractivity contribution in [1.82, 2.24) is 14.9 Å². The molecule has 1 aromatic carbocycles. The standard InChI is InChI=1S/C20H24N4O5/c1-12(2)17(20(28)29-4)23-16(26)11-24-18(14-8-6-5-7-9-14)21-10-15(19(24)27)22-13(3)25/h5-10,12,17H,11H2,1-4H3,(H,22,25)(H,23,26). The van der Waals surface area contributed by atoms with Crippen LogP contribution in [0.4, 0.5) is 5.69 Å². The van der Waals surface area contributed by atoms with Gasteiger partial charge in [-0.15, -0.1) is 0 Å². The van der Waals surface area contributed by atoms with Crippen molar-refractivity contribution in [2.45, 2.75) is 33.4 Å². The van der Waals surface area contributed by atoms with Crippen LogP contribution in [-0.2, 0) is 25.7 Å². The molecule has 2 N–H and O–H groups in total. The maximum atomic E-state index is 12.9. The minimum Gasteiger partial charge on any atom is -0.467 e. The van der Waals surface area contributed by atoms with Crippen molar-refractivity contribution < 1.29 is 19.1 Å². The van der Waals surface area contributed by atoms with E-state index < -0.39 is 29.4 Å². The van der Waals surface area contributed by atoms with Crippen molar-refractivity contribution in [2.75, 3.05) is 12.4 Å². The zero-order chi connectivity index (χ0) is 21.6. The Hall–Kier alpha value is -3.49. The number of nitrogens with one attached hydrogen (secondary N) is 2. The van der Waals surface area contributed by atoms with E-state index in [9.17, 15) is 19.2 Å². The number of anilines is 1. The predicted molar refractivity (Wildman–Crippen MR) is 107 cm³/mol. The van der Waals surface area contributed by atoms with Crippen LogP contribution in [0.3, 0.4) is 0 Å². The normalized spacial score (nSPS) is 11.6. The van der Waals surface area contributed by atoms with E-state index in [0.29, 0.717) is 5.56 Å². The molecular weight excluding hydrogens is 376 g/mol. The molecular formula is C20H24N4O5. The average molecular weight is 400 g/mol. The smallest absolute Gasteiger partial charge is 0.328 e. The number of methoxy groups -OCH3 is 1. The van der Waals surface area contributed by atoms with Gasteiger partial charge in [0.15, 0.2) is 0 Å². The lowest BCUT2D eigenvalue weighted by atomic mass is 10.0. The van der Waals surface area contributed by atoms with Gasteiger partial charge in [-0.3, -0.25) is 19.0 Å². The second kappa shape index (κ2) is 9.63. The highest BCUT2D eigenvalue weighted by Crippen LogP contribution is 2.16. The molecule has 0 aliphatic carbocycles. The summed E-state index contributed by atoms with van der Waals surface area (Å²) in [6, 6.07) is 8.02. The first-order valence-corrected chi connectivity index (χ1v) is 9.04. The fourth-order valence-corrected chi connectivity index (χ4v) is 2.72. The Kier molecular flexibility index (Phi) is 7.24. The summed E-state index contributed by atoms with van der Waals surface area (Å²) < 4.78 is 5.88. The number of esters is 1. The summed E-state index contributed by atoms with van der Waals surface area (Å²) in [5, 5.41) is 5.00. The van der Waals surface area contributed by atoms with Crippen molar-refractivity contribution in [2.24, 2.45) is 5.92 Å². The van der Waals surface area contributed by atoms with E-state index in [4.69, 9.17) is 4.74 Å². The summed E-state index contributed by atoms with van der Waals surface area (Å²) in [5.74, 6) is -1.51. The molecule has 9 nitrogen and oxygen atoms in total. The van der Waals surface area contributed by atoms with Crippen LogP contribution in [0.1, 0.15) is 20.8 Å². The lowest BCUT2D eigenvalue weighted by Crippen LogP contribution is -2.47. The Morgan fingerprint density at radius 2 is 1.83 bits per heavy atom. The van der Waals surface area contributed by atoms with Gasteiger partial charge in [0.1, 0.15) is 24.1 Å².